The number of ether oxygens (including phenoxy) is 1. The molecule has 0 saturated carbocycles. The zero-order valence-electron chi connectivity index (χ0n) is 17.9. The standard InChI is InChI=1S/C25H30O3S/c1-6-19(14-29-20-9-7-15(2)8-10-20)22-13-21(26)24(25(27)28-22)23-17(4)11-16(3)12-18(23)5/h7-12,19,22,26H,6,13-14H2,1-5H3. The van der Waals surface area contributed by atoms with Gasteiger partial charge in [-0.2, -0.15) is 0 Å². The average Bonchev–Trinajstić information content (AvgIpc) is 2.65. The number of hydrogen-bond donors (Lipinski definition) is 1. The van der Waals surface area contributed by atoms with E-state index in [9.17, 15) is 9.90 Å². The van der Waals surface area contributed by atoms with Crippen LogP contribution >= 0.6 is 11.8 Å². The summed E-state index contributed by atoms with van der Waals surface area (Å²) in [5.74, 6) is 0.782. The SMILES string of the molecule is CCC(CSc1ccc(C)cc1)C1CC(O)=C(c2c(C)cc(C)cc2C)C(=O)O1. The van der Waals surface area contributed by atoms with E-state index in [1.54, 1.807) is 11.8 Å². The molecule has 29 heavy (non-hydrogen) atoms. The number of benzene rings is 2. The summed E-state index contributed by atoms with van der Waals surface area (Å²) < 4.78 is 5.85. The zero-order chi connectivity index (χ0) is 21.1. The van der Waals surface area contributed by atoms with Crippen LogP contribution in [0.5, 0.6) is 0 Å². The van der Waals surface area contributed by atoms with Crippen molar-refractivity contribution >= 4 is 23.3 Å². The predicted octanol–water partition coefficient (Wildman–Crippen LogP) is 6.32. The molecule has 0 amide bonds. The largest absolute Gasteiger partial charge is 0.511 e. The van der Waals surface area contributed by atoms with Crippen LogP contribution in [0, 0.1) is 33.6 Å². The molecule has 2 atom stereocenters. The van der Waals surface area contributed by atoms with Crippen LogP contribution in [0.4, 0.5) is 0 Å². The molecule has 0 fully saturated rings. The molecule has 2 aromatic rings. The van der Waals surface area contributed by atoms with Gasteiger partial charge in [0.25, 0.3) is 0 Å². The van der Waals surface area contributed by atoms with E-state index in [1.165, 1.54) is 10.5 Å². The third kappa shape index (κ3) is 4.87. The summed E-state index contributed by atoms with van der Waals surface area (Å²) in [6.45, 7) is 10.2. The Kier molecular flexibility index (Phi) is 6.74. The van der Waals surface area contributed by atoms with Crippen LogP contribution in [0.25, 0.3) is 5.57 Å². The van der Waals surface area contributed by atoms with E-state index in [-0.39, 0.29) is 17.8 Å². The first-order chi connectivity index (χ1) is 13.8. The zero-order valence-corrected chi connectivity index (χ0v) is 18.7. The van der Waals surface area contributed by atoms with Crippen molar-refractivity contribution < 1.29 is 14.6 Å². The molecule has 1 N–H and O–H groups in total. The van der Waals surface area contributed by atoms with Crippen molar-refractivity contribution in [3.63, 3.8) is 0 Å². The second-order valence-corrected chi connectivity index (χ2v) is 9.13. The lowest BCUT2D eigenvalue weighted by atomic mass is 9.88. The molecule has 3 rings (SSSR count). The predicted molar refractivity (Wildman–Crippen MR) is 120 cm³/mol. The fourth-order valence-corrected chi connectivity index (χ4v) is 5.24. The highest BCUT2D eigenvalue weighted by molar-refractivity contribution is 7.99. The highest BCUT2D eigenvalue weighted by atomic mass is 32.2. The van der Waals surface area contributed by atoms with Crippen LogP contribution in [-0.4, -0.2) is 22.9 Å². The van der Waals surface area contributed by atoms with E-state index >= 15 is 0 Å². The van der Waals surface area contributed by atoms with Crippen LogP contribution in [0.1, 0.15) is 47.6 Å². The number of cyclic esters (lactones) is 1. The normalized spacial score (nSPS) is 18.0. The summed E-state index contributed by atoms with van der Waals surface area (Å²) >= 11 is 1.77. The summed E-state index contributed by atoms with van der Waals surface area (Å²) in [6.07, 6.45) is 0.975. The van der Waals surface area contributed by atoms with Crippen molar-refractivity contribution in [2.75, 3.05) is 5.75 Å². The number of aliphatic hydroxyl groups excluding tert-OH is 1. The maximum absolute atomic E-state index is 12.9. The summed E-state index contributed by atoms with van der Waals surface area (Å²) in [4.78, 5) is 14.1. The number of hydrogen-bond acceptors (Lipinski definition) is 4. The van der Waals surface area contributed by atoms with Gasteiger partial charge in [0, 0.05) is 23.0 Å². The summed E-state index contributed by atoms with van der Waals surface area (Å²) in [5, 5.41) is 10.8. The second-order valence-electron chi connectivity index (χ2n) is 8.04. The van der Waals surface area contributed by atoms with Crippen molar-refractivity contribution in [2.45, 2.75) is 58.5 Å². The first kappa shape index (κ1) is 21.5. The fourth-order valence-electron chi connectivity index (χ4n) is 4.06. The lowest BCUT2D eigenvalue weighted by molar-refractivity contribution is -0.146. The molecule has 0 spiro atoms. The van der Waals surface area contributed by atoms with Crippen molar-refractivity contribution in [1.82, 2.24) is 0 Å². The van der Waals surface area contributed by atoms with Gasteiger partial charge in [0.1, 0.15) is 17.4 Å². The summed E-state index contributed by atoms with van der Waals surface area (Å²) in [6, 6.07) is 12.5. The molecule has 4 heteroatoms. The number of rotatable bonds is 6. The number of aliphatic hydroxyl groups is 1. The Balaban J connectivity index is 1.78. The number of carbonyl (C=O) groups excluding carboxylic acids is 1. The van der Waals surface area contributed by atoms with Gasteiger partial charge in [-0.3, -0.25) is 0 Å². The van der Waals surface area contributed by atoms with Gasteiger partial charge in [-0.1, -0.05) is 42.3 Å². The number of thioether (sulfide) groups is 1. The Labute approximate surface area is 178 Å². The number of aryl methyl sites for hydroxylation is 4. The lowest BCUT2D eigenvalue weighted by Crippen LogP contribution is -2.33. The Morgan fingerprint density at radius 2 is 1.69 bits per heavy atom. The molecular weight excluding hydrogens is 380 g/mol. The van der Waals surface area contributed by atoms with E-state index in [2.05, 4.69) is 38.1 Å². The highest BCUT2D eigenvalue weighted by Crippen LogP contribution is 2.36. The van der Waals surface area contributed by atoms with E-state index in [0.717, 1.165) is 34.4 Å². The van der Waals surface area contributed by atoms with Crippen LogP contribution in [-0.2, 0) is 9.53 Å². The average molecular weight is 411 g/mol. The molecular formula is C25H30O3S. The van der Waals surface area contributed by atoms with Crippen LogP contribution in [0.3, 0.4) is 0 Å². The van der Waals surface area contributed by atoms with Gasteiger partial charge >= 0.3 is 5.97 Å². The Morgan fingerprint density at radius 3 is 2.24 bits per heavy atom. The maximum Gasteiger partial charge on any atom is 0.342 e. The first-order valence-electron chi connectivity index (χ1n) is 10.2. The number of carbonyl (C=O) groups is 1. The van der Waals surface area contributed by atoms with Crippen molar-refractivity contribution in [2.24, 2.45) is 5.92 Å². The molecule has 0 aliphatic carbocycles. The minimum atomic E-state index is -0.410. The van der Waals surface area contributed by atoms with Crippen molar-refractivity contribution in [3.8, 4) is 0 Å². The third-order valence-electron chi connectivity index (χ3n) is 5.61. The summed E-state index contributed by atoms with van der Waals surface area (Å²) in [7, 11) is 0. The lowest BCUT2D eigenvalue weighted by Gasteiger charge is -2.31. The topological polar surface area (TPSA) is 46.5 Å². The molecule has 0 aromatic heterocycles. The van der Waals surface area contributed by atoms with Gasteiger partial charge in [0.2, 0.25) is 0 Å². The molecule has 1 aliphatic rings. The van der Waals surface area contributed by atoms with Crippen LogP contribution in [0.15, 0.2) is 47.1 Å². The van der Waals surface area contributed by atoms with Crippen LogP contribution < -0.4 is 0 Å². The van der Waals surface area contributed by atoms with Crippen molar-refractivity contribution in [1.29, 1.82) is 0 Å². The molecule has 1 heterocycles. The van der Waals surface area contributed by atoms with Gasteiger partial charge < -0.3 is 9.84 Å². The molecule has 154 valence electrons. The quantitative estimate of drug-likeness (QED) is 0.447. The molecule has 0 bridgehead atoms. The maximum atomic E-state index is 12.9. The Morgan fingerprint density at radius 1 is 1.07 bits per heavy atom. The third-order valence-corrected chi connectivity index (χ3v) is 6.81. The minimum absolute atomic E-state index is 0.153. The molecule has 1 aliphatic heterocycles. The van der Waals surface area contributed by atoms with Crippen molar-refractivity contribution in [3.05, 3.63) is 70.0 Å². The molecule has 0 saturated heterocycles. The van der Waals surface area contributed by atoms with E-state index in [4.69, 9.17) is 4.74 Å². The smallest absolute Gasteiger partial charge is 0.342 e. The van der Waals surface area contributed by atoms with Gasteiger partial charge in [-0.15, -0.1) is 11.8 Å². The second kappa shape index (κ2) is 9.08. The highest BCUT2D eigenvalue weighted by Gasteiger charge is 2.35. The molecule has 3 nitrogen and oxygen atoms in total. The van der Waals surface area contributed by atoms with Gasteiger partial charge in [-0.25, -0.2) is 4.79 Å². The van der Waals surface area contributed by atoms with Gasteiger partial charge in [0.15, 0.2) is 0 Å². The molecule has 2 aromatic carbocycles. The summed E-state index contributed by atoms with van der Waals surface area (Å²) in [5.41, 5.74) is 5.50. The fraction of sp³-hybridized carbons (Fsp3) is 0.400. The van der Waals surface area contributed by atoms with Gasteiger partial charge in [0.05, 0.1) is 0 Å². The molecule has 2 unspecified atom stereocenters. The molecule has 0 radical (unpaired) electrons. The number of esters is 1. The van der Waals surface area contributed by atoms with Crippen LogP contribution in [0.2, 0.25) is 0 Å². The first-order valence-corrected chi connectivity index (χ1v) is 11.2. The minimum Gasteiger partial charge on any atom is -0.511 e. The Hall–Kier alpha value is -2.20. The monoisotopic (exact) mass is 410 g/mol. The van der Waals surface area contributed by atoms with E-state index in [1.807, 2.05) is 32.9 Å². The van der Waals surface area contributed by atoms with E-state index in [0.29, 0.717) is 12.0 Å². The van der Waals surface area contributed by atoms with E-state index < -0.39 is 5.97 Å². The Bertz CT molecular complexity index is 905. The van der Waals surface area contributed by atoms with Gasteiger partial charge in [-0.05, 0) is 62.9 Å².